The highest BCUT2D eigenvalue weighted by Gasteiger charge is 2.14. The number of phenolic OH excluding ortho intramolecular Hbond substituents is 1. The number of aliphatic imine (C=N–C) groups is 1. The van der Waals surface area contributed by atoms with E-state index in [1.807, 2.05) is 13.0 Å². The fraction of sp³-hybridized carbons (Fsp3) is 0.100. The Hall–Kier alpha value is -1.77. The molecule has 2 N–H and O–H groups in total. The lowest BCUT2D eigenvalue weighted by Gasteiger charge is -2.17. The summed E-state index contributed by atoms with van der Waals surface area (Å²) < 4.78 is 0. The van der Waals surface area contributed by atoms with E-state index in [-0.39, 0.29) is 5.75 Å². The Balaban J connectivity index is 2.69. The Morgan fingerprint density at radius 1 is 1.46 bits per heavy atom. The molecule has 3 heteroatoms. The molecule has 0 saturated carbocycles. The lowest BCUT2D eigenvalue weighted by molar-refractivity contribution is 0.476. The van der Waals surface area contributed by atoms with Gasteiger partial charge in [0.25, 0.3) is 0 Å². The van der Waals surface area contributed by atoms with Crippen LogP contribution in [0.2, 0.25) is 0 Å². The number of amidine groups is 1. The predicted octanol–water partition coefficient (Wildman–Crippen LogP) is 2.02. The van der Waals surface area contributed by atoms with Crippen molar-refractivity contribution in [1.29, 1.82) is 0 Å². The first-order valence-corrected chi connectivity index (χ1v) is 4.02. The first-order chi connectivity index (χ1) is 6.18. The fourth-order valence-corrected chi connectivity index (χ4v) is 1.37. The largest absolute Gasteiger partial charge is 0.506 e. The molecule has 0 aromatic heterocycles. The van der Waals surface area contributed by atoms with Crippen LogP contribution >= 0.6 is 0 Å². The molecular formula is C10H10N2O. The van der Waals surface area contributed by atoms with Crippen LogP contribution in [0.5, 0.6) is 5.75 Å². The van der Waals surface area contributed by atoms with Crippen molar-refractivity contribution in [2.24, 2.45) is 4.99 Å². The zero-order valence-corrected chi connectivity index (χ0v) is 7.33. The molecule has 0 saturated heterocycles. The Morgan fingerprint density at radius 2 is 2.23 bits per heavy atom. The molecule has 3 nitrogen and oxygen atoms in total. The van der Waals surface area contributed by atoms with Crippen LogP contribution in [0.15, 0.2) is 29.8 Å². The average molecular weight is 174 g/mol. The zero-order valence-electron chi connectivity index (χ0n) is 7.33. The van der Waals surface area contributed by atoms with Crippen molar-refractivity contribution in [3.05, 3.63) is 30.3 Å². The van der Waals surface area contributed by atoms with Gasteiger partial charge in [0.2, 0.25) is 0 Å². The lowest BCUT2D eigenvalue weighted by Crippen LogP contribution is -2.20. The van der Waals surface area contributed by atoms with E-state index in [1.165, 1.54) is 0 Å². The van der Waals surface area contributed by atoms with E-state index in [4.69, 9.17) is 0 Å². The summed E-state index contributed by atoms with van der Waals surface area (Å²) in [6.45, 7) is 5.68. The monoisotopic (exact) mass is 174 g/mol. The Morgan fingerprint density at radius 3 is 3.00 bits per heavy atom. The van der Waals surface area contributed by atoms with Gasteiger partial charge in [-0.1, -0.05) is 18.7 Å². The van der Waals surface area contributed by atoms with E-state index >= 15 is 0 Å². The van der Waals surface area contributed by atoms with E-state index in [9.17, 15) is 5.11 Å². The number of benzene rings is 1. The molecule has 1 aromatic rings. The summed E-state index contributed by atoms with van der Waals surface area (Å²) in [6, 6.07) is 5.27. The van der Waals surface area contributed by atoms with Gasteiger partial charge in [-0.2, -0.15) is 0 Å². The predicted molar refractivity (Wildman–Crippen MR) is 53.0 cm³/mol. The molecule has 1 aliphatic heterocycles. The number of para-hydroxylation sites is 1. The third-order valence-electron chi connectivity index (χ3n) is 1.95. The molecule has 0 bridgehead atoms. The minimum absolute atomic E-state index is 0.194. The summed E-state index contributed by atoms with van der Waals surface area (Å²) in [5.41, 5.74) is 2.23. The average Bonchev–Trinajstić information content (AvgIpc) is 2.07. The number of nitrogens with one attached hydrogen (secondary N) is 1. The second-order valence-corrected chi connectivity index (χ2v) is 2.97. The van der Waals surface area contributed by atoms with E-state index in [1.54, 1.807) is 12.1 Å². The van der Waals surface area contributed by atoms with Crippen LogP contribution in [0.4, 0.5) is 5.69 Å². The van der Waals surface area contributed by atoms with Crippen LogP contribution in [-0.4, -0.2) is 10.9 Å². The molecule has 0 atom stereocenters. The van der Waals surface area contributed by atoms with Crippen molar-refractivity contribution in [1.82, 2.24) is 5.32 Å². The summed E-state index contributed by atoms with van der Waals surface area (Å²) in [4.78, 5) is 4.19. The Bertz CT molecular complexity index is 407. The number of nitrogens with zero attached hydrogens (tertiary/aromatic N) is 1. The zero-order chi connectivity index (χ0) is 9.42. The van der Waals surface area contributed by atoms with E-state index in [0.717, 1.165) is 17.1 Å². The highest BCUT2D eigenvalue weighted by molar-refractivity contribution is 5.97. The number of hydrogen-bond donors (Lipinski definition) is 2. The van der Waals surface area contributed by atoms with Crippen LogP contribution in [0.3, 0.4) is 0 Å². The molecule has 1 heterocycles. The maximum absolute atomic E-state index is 9.52. The lowest BCUT2D eigenvalue weighted by atomic mass is 10.1. The van der Waals surface area contributed by atoms with E-state index in [2.05, 4.69) is 16.9 Å². The minimum Gasteiger partial charge on any atom is -0.506 e. The highest BCUT2D eigenvalue weighted by Crippen LogP contribution is 2.35. The second-order valence-electron chi connectivity index (χ2n) is 2.97. The van der Waals surface area contributed by atoms with Crippen LogP contribution < -0.4 is 5.32 Å². The van der Waals surface area contributed by atoms with Crippen molar-refractivity contribution in [3.8, 4) is 5.75 Å². The van der Waals surface area contributed by atoms with Crippen LogP contribution in [0, 0.1) is 0 Å². The maximum Gasteiger partial charge on any atom is 0.141 e. The third kappa shape index (κ3) is 1.18. The molecule has 1 aromatic carbocycles. The number of hydrogen-bond acceptors (Lipinski definition) is 3. The van der Waals surface area contributed by atoms with Crippen molar-refractivity contribution < 1.29 is 5.11 Å². The summed E-state index contributed by atoms with van der Waals surface area (Å²) in [6.07, 6.45) is 0. The third-order valence-corrected chi connectivity index (χ3v) is 1.95. The van der Waals surface area contributed by atoms with Crippen molar-refractivity contribution in [2.75, 3.05) is 0 Å². The van der Waals surface area contributed by atoms with Crippen molar-refractivity contribution in [2.45, 2.75) is 6.92 Å². The van der Waals surface area contributed by atoms with Gasteiger partial charge in [-0.3, -0.25) is 0 Å². The molecule has 0 aliphatic carbocycles. The van der Waals surface area contributed by atoms with Gasteiger partial charge in [0.15, 0.2) is 0 Å². The summed E-state index contributed by atoms with van der Waals surface area (Å²) >= 11 is 0. The molecule has 13 heavy (non-hydrogen) atoms. The normalized spacial score (nSPS) is 14.5. The van der Waals surface area contributed by atoms with Crippen molar-refractivity contribution in [3.63, 3.8) is 0 Å². The van der Waals surface area contributed by atoms with Crippen LogP contribution in [0.1, 0.15) is 12.5 Å². The second kappa shape index (κ2) is 2.62. The van der Waals surface area contributed by atoms with Crippen LogP contribution in [0.25, 0.3) is 5.70 Å². The number of phenols is 1. The number of rotatable bonds is 0. The Kier molecular flexibility index (Phi) is 1.59. The molecular weight excluding hydrogens is 164 g/mol. The SMILES string of the molecule is C=C1NC(C)=Nc2c(O)cccc21. The molecule has 0 spiro atoms. The first-order valence-electron chi connectivity index (χ1n) is 4.02. The maximum atomic E-state index is 9.52. The minimum atomic E-state index is 0.194. The molecule has 2 rings (SSSR count). The molecule has 0 amide bonds. The molecule has 0 fully saturated rings. The highest BCUT2D eigenvalue weighted by atomic mass is 16.3. The van der Waals surface area contributed by atoms with Gasteiger partial charge >= 0.3 is 0 Å². The van der Waals surface area contributed by atoms with Gasteiger partial charge < -0.3 is 10.4 Å². The Labute approximate surface area is 76.4 Å². The van der Waals surface area contributed by atoms with Gasteiger partial charge in [0.05, 0.1) is 0 Å². The topological polar surface area (TPSA) is 44.6 Å². The van der Waals surface area contributed by atoms with Gasteiger partial charge in [0.1, 0.15) is 17.3 Å². The first kappa shape index (κ1) is 7.86. The van der Waals surface area contributed by atoms with E-state index < -0.39 is 0 Å². The molecule has 0 radical (unpaired) electrons. The van der Waals surface area contributed by atoms with Gasteiger partial charge in [-0.05, 0) is 13.0 Å². The number of fused-ring (bicyclic) bond motifs is 1. The smallest absolute Gasteiger partial charge is 0.141 e. The fourth-order valence-electron chi connectivity index (χ4n) is 1.37. The molecule has 1 aliphatic rings. The summed E-state index contributed by atoms with van der Waals surface area (Å²) in [5, 5.41) is 12.5. The quantitative estimate of drug-likeness (QED) is 0.632. The molecule has 0 unspecified atom stereocenters. The van der Waals surface area contributed by atoms with Gasteiger partial charge in [0, 0.05) is 11.3 Å². The van der Waals surface area contributed by atoms with Gasteiger partial charge in [-0.15, -0.1) is 0 Å². The van der Waals surface area contributed by atoms with E-state index in [0.29, 0.717) is 5.69 Å². The van der Waals surface area contributed by atoms with Crippen molar-refractivity contribution >= 4 is 17.2 Å². The summed E-state index contributed by atoms with van der Waals surface area (Å²) in [5.74, 6) is 0.943. The number of aromatic hydroxyl groups is 1. The summed E-state index contributed by atoms with van der Waals surface area (Å²) in [7, 11) is 0. The van der Waals surface area contributed by atoms with Gasteiger partial charge in [-0.25, -0.2) is 4.99 Å². The van der Waals surface area contributed by atoms with Crippen LogP contribution in [-0.2, 0) is 0 Å². The molecule has 66 valence electrons. The standard InChI is InChI=1S/C10H10N2O/c1-6-8-4-3-5-9(13)10(8)12-7(2)11-6/h3-5,13H,1H2,2H3,(H,11,12).